The number of carbonyl (C=O) groups excluding carboxylic acids is 2. The first-order valence-electron chi connectivity index (χ1n) is 6.52. The topological polar surface area (TPSA) is 70.2 Å². The number of amides is 3. The molecule has 0 radical (unpaired) electrons. The lowest BCUT2D eigenvalue weighted by molar-refractivity contribution is -0.120. The number of anilines is 1. The van der Waals surface area contributed by atoms with Gasteiger partial charge in [-0.15, -0.1) is 0 Å². The lowest BCUT2D eigenvalue weighted by Gasteiger charge is -2.15. The SMILES string of the molecule is CNC(=O)NC(=O)[C@H](C)Nc1cccc(-c2ccsc2)c1. The predicted octanol–water partition coefficient (Wildman–Crippen LogP) is 2.67. The van der Waals surface area contributed by atoms with E-state index in [1.165, 1.54) is 7.05 Å². The van der Waals surface area contributed by atoms with Crippen LogP contribution in [0.4, 0.5) is 10.5 Å². The second kappa shape index (κ2) is 6.90. The monoisotopic (exact) mass is 303 g/mol. The molecule has 0 spiro atoms. The van der Waals surface area contributed by atoms with E-state index in [1.807, 2.05) is 35.7 Å². The van der Waals surface area contributed by atoms with Gasteiger partial charge in [0.25, 0.3) is 0 Å². The van der Waals surface area contributed by atoms with Crippen LogP contribution in [0.2, 0.25) is 0 Å². The third-order valence-corrected chi connectivity index (χ3v) is 3.64. The lowest BCUT2D eigenvalue weighted by Crippen LogP contribution is -2.44. The molecule has 5 nitrogen and oxygen atoms in total. The first-order chi connectivity index (χ1) is 10.1. The van der Waals surface area contributed by atoms with Gasteiger partial charge in [-0.3, -0.25) is 10.1 Å². The van der Waals surface area contributed by atoms with Gasteiger partial charge in [0.2, 0.25) is 5.91 Å². The van der Waals surface area contributed by atoms with Crippen molar-refractivity contribution < 1.29 is 9.59 Å². The summed E-state index contributed by atoms with van der Waals surface area (Å²) in [5.74, 6) is -0.379. The molecule has 110 valence electrons. The number of urea groups is 1. The van der Waals surface area contributed by atoms with Gasteiger partial charge < -0.3 is 10.6 Å². The van der Waals surface area contributed by atoms with E-state index in [4.69, 9.17) is 0 Å². The van der Waals surface area contributed by atoms with Crippen LogP contribution < -0.4 is 16.0 Å². The molecule has 1 heterocycles. The Hall–Kier alpha value is -2.34. The molecular weight excluding hydrogens is 286 g/mol. The number of nitrogens with one attached hydrogen (secondary N) is 3. The van der Waals surface area contributed by atoms with Crippen LogP contribution in [0.25, 0.3) is 11.1 Å². The number of carbonyl (C=O) groups is 2. The van der Waals surface area contributed by atoms with Crippen LogP contribution in [0.1, 0.15) is 6.92 Å². The maximum absolute atomic E-state index is 11.8. The van der Waals surface area contributed by atoms with E-state index >= 15 is 0 Å². The van der Waals surface area contributed by atoms with Crippen LogP contribution in [0, 0.1) is 0 Å². The molecule has 2 rings (SSSR count). The molecule has 1 aromatic heterocycles. The van der Waals surface area contributed by atoms with E-state index in [0.29, 0.717) is 0 Å². The highest BCUT2D eigenvalue weighted by Gasteiger charge is 2.14. The van der Waals surface area contributed by atoms with Crippen LogP contribution >= 0.6 is 11.3 Å². The summed E-state index contributed by atoms with van der Waals surface area (Å²) in [7, 11) is 1.46. The number of rotatable bonds is 4. The summed E-state index contributed by atoms with van der Waals surface area (Å²) in [6.07, 6.45) is 0. The number of hydrogen-bond donors (Lipinski definition) is 3. The average molecular weight is 303 g/mol. The van der Waals surface area contributed by atoms with E-state index in [-0.39, 0.29) is 5.91 Å². The quantitative estimate of drug-likeness (QED) is 0.813. The highest BCUT2D eigenvalue weighted by molar-refractivity contribution is 7.08. The third kappa shape index (κ3) is 4.06. The Kier molecular flexibility index (Phi) is 4.94. The van der Waals surface area contributed by atoms with Gasteiger partial charge in [0.05, 0.1) is 0 Å². The van der Waals surface area contributed by atoms with E-state index < -0.39 is 12.1 Å². The molecule has 1 atom stereocenters. The summed E-state index contributed by atoms with van der Waals surface area (Å²) in [6, 6.07) is 8.83. The van der Waals surface area contributed by atoms with Gasteiger partial charge in [-0.1, -0.05) is 12.1 Å². The van der Waals surface area contributed by atoms with Crippen LogP contribution in [0.5, 0.6) is 0 Å². The number of thiophene rings is 1. The first-order valence-corrected chi connectivity index (χ1v) is 7.46. The summed E-state index contributed by atoms with van der Waals surface area (Å²) in [5.41, 5.74) is 3.06. The van der Waals surface area contributed by atoms with Crippen molar-refractivity contribution in [2.75, 3.05) is 12.4 Å². The second-order valence-corrected chi connectivity index (χ2v) is 5.31. The molecule has 0 aliphatic rings. The van der Waals surface area contributed by atoms with Gasteiger partial charge in [-0.2, -0.15) is 11.3 Å². The molecule has 3 N–H and O–H groups in total. The summed E-state index contributed by atoms with van der Waals surface area (Å²) in [6.45, 7) is 1.70. The van der Waals surface area contributed by atoms with Gasteiger partial charge in [0.15, 0.2) is 0 Å². The number of hydrogen-bond acceptors (Lipinski definition) is 4. The molecule has 3 amide bonds. The largest absolute Gasteiger partial charge is 0.374 e. The molecular formula is C15H17N3O2S. The Morgan fingerprint density at radius 2 is 2.00 bits per heavy atom. The van der Waals surface area contributed by atoms with Gasteiger partial charge >= 0.3 is 6.03 Å². The molecule has 0 bridgehead atoms. The zero-order chi connectivity index (χ0) is 15.2. The normalized spacial score (nSPS) is 11.5. The standard InChI is InChI=1S/C15H17N3O2S/c1-10(14(19)18-15(20)16-2)17-13-5-3-4-11(8-13)12-6-7-21-9-12/h3-10,17H,1-2H3,(H2,16,18,19,20)/t10-/m0/s1. The zero-order valence-corrected chi connectivity index (χ0v) is 12.7. The second-order valence-electron chi connectivity index (χ2n) is 4.53. The third-order valence-electron chi connectivity index (χ3n) is 2.96. The number of benzene rings is 1. The van der Waals surface area contributed by atoms with Gasteiger partial charge in [0, 0.05) is 12.7 Å². The minimum absolute atomic E-state index is 0.379. The maximum Gasteiger partial charge on any atom is 0.321 e. The molecule has 0 aliphatic heterocycles. The van der Waals surface area contributed by atoms with E-state index in [9.17, 15) is 9.59 Å². The first kappa shape index (κ1) is 15.1. The zero-order valence-electron chi connectivity index (χ0n) is 11.8. The van der Waals surface area contributed by atoms with Crippen molar-refractivity contribution in [1.29, 1.82) is 0 Å². The van der Waals surface area contributed by atoms with Crippen molar-refractivity contribution in [3.8, 4) is 11.1 Å². The summed E-state index contributed by atoms with van der Waals surface area (Å²) in [4.78, 5) is 22.9. The van der Waals surface area contributed by atoms with Crippen molar-refractivity contribution in [1.82, 2.24) is 10.6 Å². The van der Waals surface area contributed by atoms with Crippen molar-refractivity contribution in [2.45, 2.75) is 13.0 Å². The molecule has 21 heavy (non-hydrogen) atoms. The van der Waals surface area contributed by atoms with Crippen LogP contribution in [0.3, 0.4) is 0 Å². The molecule has 6 heteroatoms. The molecule has 0 unspecified atom stereocenters. The highest BCUT2D eigenvalue weighted by Crippen LogP contribution is 2.24. The highest BCUT2D eigenvalue weighted by atomic mass is 32.1. The minimum Gasteiger partial charge on any atom is -0.374 e. The fourth-order valence-corrected chi connectivity index (χ4v) is 2.48. The Balaban J connectivity index is 2.04. The Morgan fingerprint density at radius 3 is 2.67 bits per heavy atom. The lowest BCUT2D eigenvalue weighted by atomic mass is 10.1. The van der Waals surface area contributed by atoms with Crippen molar-refractivity contribution in [2.24, 2.45) is 0 Å². The van der Waals surface area contributed by atoms with E-state index in [2.05, 4.69) is 21.3 Å². The Bertz CT molecular complexity index is 626. The predicted molar refractivity (Wildman–Crippen MR) is 85.4 cm³/mol. The van der Waals surface area contributed by atoms with Crippen LogP contribution in [0.15, 0.2) is 41.1 Å². The molecule has 0 aliphatic carbocycles. The molecule has 0 saturated carbocycles. The van der Waals surface area contributed by atoms with Crippen molar-refractivity contribution >= 4 is 29.0 Å². The van der Waals surface area contributed by atoms with Gasteiger partial charge in [-0.25, -0.2) is 4.79 Å². The maximum atomic E-state index is 11.8. The fourth-order valence-electron chi connectivity index (χ4n) is 1.82. The summed E-state index contributed by atoms with van der Waals surface area (Å²) >= 11 is 1.64. The Labute approximate surface area is 127 Å². The van der Waals surface area contributed by atoms with Gasteiger partial charge in [-0.05, 0) is 47.0 Å². The fraction of sp³-hybridized carbons (Fsp3) is 0.200. The van der Waals surface area contributed by atoms with Crippen molar-refractivity contribution in [3.05, 3.63) is 41.1 Å². The number of imide groups is 1. The molecule has 0 saturated heterocycles. The van der Waals surface area contributed by atoms with Crippen LogP contribution in [-0.4, -0.2) is 25.0 Å². The van der Waals surface area contributed by atoms with E-state index in [1.54, 1.807) is 18.3 Å². The summed E-state index contributed by atoms with van der Waals surface area (Å²) < 4.78 is 0. The minimum atomic E-state index is -0.514. The Morgan fingerprint density at radius 1 is 1.19 bits per heavy atom. The van der Waals surface area contributed by atoms with Gasteiger partial charge in [0.1, 0.15) is 6.04 Å². The van der Waals surface area contributed by atoms with E-state index in [0.717, 1.165) is 16.8 Å². The average Bonchev–Trinajstić information content (AvgIpc) is 3.01. The smallest absolute Gasteiger partial charge is 0.321 e. The molecule has 2 aromatic rings. The molecule has 1 aromatic carbocycles. The summed E-state index contributed by atoms with van der Waals surface area (Å²) in [5, 5.41) is 11.8. The molecule has 0 fully saturated rings. The van der Waals surface area contributed by atoms with Crippen molar-refractivity contribution in [3.63, 3.8) is 0 Å². The van der Waals surface area contributed by atoms with Crippen LogP contribution in [-0.2, 0) is 4.79 Å².